The van der Waals surface area contributed by atoms with E-state index in [-0.39, 0.29) is 6.04 Å². The Labute approximate surface area is 74.5 Å². The highest BCUT2D eigenvalue weighted by Crippen LogP contribution is 2.29. The predicted octanol–water partition coefficient (Wildman–Crippen LogP) is 2.64. The standard InChI is InChI=1S/C10H20FN/c1-8(12)7-10(11)9-5-3-2-4-6-9/h8-10H,2-7,12H2,1H3. The quantitative estimate of drug-likeness (QED) is 0.697. The molecule has 1 aliphatic carbocycles. The zero-order valence-electron chi connectivity index (χ0n) is 7.93. The van der Waals surface area contributed by atoms with Gasteiger partial charge in [-0.1, -0.05) is 19.3 Å². The topological polar surface area (TPSA) is 26.0 Å². The molecule has 1 aliphatic rings. The van der Waals surface area contributed by atoms with Gasteiger partial charge in [-0.2, -0.15) is 0 Å². The average Bonchev–Trinajstić information content (AvgIpc) is 2.05. The van der Waals surface area contributed by atoms with Crippen LogP contribution < -0.4 is 5.73 Å². The van der Waals surface area contributed by atoms with E-state index in [2.05, 4.69) is 0 Å². The molecular formula is C10H20FN. The summed E-state index contributed by atoms with van der Waals surface area (Å²) in [4.78, 5) is 0. The number of rotatable bonds is 3. The summed E-state index contributed by atoms with van der Waals surface area (Å²) in [6.07, 6.45) is 5.77. The fraction of sp³-hybridized carbons (Fsp3) is 1.00. The van der Waals surface area contributed by atoms with Crippen molar-refractivity contribution in [3.63, 3.8) is 0 Å². The minimum absolute atomic E-state index is 0.0157. The van der Waals surface area contributed by atoms with Crippen molar-refractivity contribution < 1.29 is 4.39 Å². The van der Waals surface area contributed by atoms with Crippen LogP contribution in [0, 0.1) is 5.92 Å². The molecule has 2 atom stereocenters. The van der Waals surface area contributed by atoms with E-state index in [1.165, 1.54) is 19.3 Å². The van der Waals surface area contributed by atoms with Crippen LogP contribution in [-0.4, -0.2) is 12.2 Å². The number of hydrogen-bond acceptors (Lipinski definition) is 1. The van der Waals surface area contributed by atoms with E-state index >= 15 is 0 Å². The van der Waals surface area contributed by atoms with Crippen LogP contribution in [0.25, 0.3) is 0 Å². The lowest BCUT2D eigenvalue weighted by atomic mass is 9.84. The fourth-order valence-electron chi connectivity index (χ4n) is 2.04. The lowest BCUT2D eigenvalue weighted by Crippen LogP contribution is -2.27. The first-order valence-corrected chi connectivity index (χ1v) is 5.10. The summed E-state index contributed by atoms with van der Waals surface area (Å²) in [5.74, 6) is 0.310. The van der Waals surface area contributed by atoms with Crippen molar-refractivity contribution in [3.8, 4) is 0 Å². The summed E-state index contributed by atoms with van der Waals surface area (Å²) in [5.41, 5.74) is 5.56. The molecule has 0 amide bonds. The number of nitrogens with two attached hydrogens (primary N) is 1. The van der Waals surface area contributed by atoms with Crippen molar-refractivity contribution >= 4 is 0 Å². The van der Waals surface area contributed by atoms with Crippen LogP contribution in [0.1, 0.15) is 45.4 Å². The Bertz CT molecular complexity index is 119. The van der Waals surface area contributed by atoms with Crippen molar-refractivity contribution in [2.75, 3.05) is 0 Å². The summed E-state index contributed by atoms with van der Waals surface area (Å²) in [7, 11) is 0. The molecule has 0 aromatic carbocycles. The molecule has 72 valence electrons. The van der Waals surface area contributed by atoms with Crippen LogP contribution in [0.3, 0.4) is 0 Å². The molecule has 12 heavy (non-hydrogen) atoms. The molecule has 0 aromatic rings. The largest absolute Gasteiger partial charge is 0.328 e. The Balaban J connectivity index is 2.24. The molecule has 1 saturated carbocycles. The highest BCUT2D eigenvalue weighted by Gasteiger charge is 2.23. The first kappa shape index (κ1) is 9.97. The monoisotopic (exact) mass is 173 g/mol. The SMILES string of the molecule is CC(N)CC(F)C1CCCCC1. The lowest BCUT2D eigenvalue weighted by molar-refractivity contribution is 0.164. The Morgan fingerprint density at radius 3 is 2.42 bits per heavy atom. The molecule has 2 heteroatoms. The molecule has 0 aromatic heterocycles. The maximum absolute atomic E-state index is 13.5. The highest BCUT2D eigenvalue weighted by atomic mass is 19.1. The summed E-state index contributed by atoms with van der Waals surface area (Å²) in [6.45, 7) is 1.88. The number of alkyl halides is 1. The molecule has 2 unspecified atom stereocenters. The van der Waals surface area contributed by atoms with Crippen molar-refractivity contribution in [2.45, 2.75) is 57.7 Å². The van der Waals surface area contributed by atoms with Crippen molar-refractivity contribution in [1.82, 2.24) is 0 Å². The van der Waals surface area contributed by atoms with Gasteiger partial charge >= 0.3 is 0 Å². The van der Waals surface area contributed by atoms with E-state index in [1.54, 1.807) is 0 Å². The normalized spacial score (nSPS) is 25.2. The molecular weight excluding hydrogens is 153 g/mol. The van der Waals surface area contributed by atoms with Crippen LogP contribution in [0.5, 0.6) is 0 Å². The fourth-order valence-corrected chi connectivity index (χ4v) is 2.04. The zero-order valence-corrected chi connectivity index (χ0v) is 7.93. The van der Waals surface area contributed by atoms with Crippen LogP contribution in [-0.2, 0) is 0 Å². The maximum Gasteiger partial charge on any atom is 0.104 e. The van der Waals surface area contributed by atoms with E-state index in [1.807, 2.05) is 6.92 Å². The average molecular weight is 173 g/mol. The van der Waals surface area contributed by atoms with E-state index in [0.29, 0.717) is 12.3 Å². The highest BCUT2D eigenvalue weighted by molar-refractivity contribution is 4.75. The summed E-state index contributed by atoms with van der Waals surface area (Å²) < 4.78 is 13.5. The molecule has 0 spiro atoms. The van der Waals surface area contributed by atoms with Gasteiger partial charge in [0, 0.05) is 6.04 Å². The Kier molecular flexibility index (Phi) is 3.99. The minimum atomic E-state index is -0.648. The van der Waals surface area contributed by atoms with Gasteiger partial charge in [0.2, 0.25) is 0 Å². The van der Waals surface area contributed by atoms with E-state index in [4.69, 9.17) is 5.73 Å². The second-order valence-electron chi connectivity index (χ2n) is 4.13. The summed E-state index contributed by atoms with van der Waals surface area (Å²) in [5, 5.41) is 0. The van der Waals surface area contributed by atoms with E-state index < -0.39 is 6.17 Å². The third kappa shape index (κ3) is 3.10. The Morgan fingerprint density at radius 2 is 1.92 bits per heavy atom. The van der Waals surface area contributed by atoms with Crippen LogP contribution >= 0.6 is 0 Å². The third-order valence-corrected chi connectivity index (χ3v) is 2.76. The number of halogens is 1. The van der Waals surface area contributed by atoms with Crippen molar-refractivity contribution in [2.24, 2.45) is 11.7 Å². The third-order valence-electron chi connectivity index (χ3n) is 2.76. The minimum Gasteiger partial charge on any atom is -0.328 e. The molecule has 2 N–H and O–H groups in total. The van der Waals surface area contributed by atoms with Crippen LogP contribution in [0.15, 0.2) is 0 Å². The predicted molar refractivity (Wildman–Crippen MR) is 49.7 cm³/mol. The van der Waals surface area contributed by atoms with Gasteiger partial charge in [0.15, 0.2) is 0 Å². The second kappa shape index (κ2) is 4.80. The summed E-state index contributed by atoms with van der Waals surface area (Å²) >= 11 is 0. The molecule has 0 saturated heterocycles. The number of hydrogen-bond donors (Lipinski definition) is 1. The molecule has 1 nitrogen and oxygen atoms in total. The molecule has 0 heterocycles. The van der Waals surface area contributed by atoms with E-state index in [9.17, 15) is 4.39 Å². The first-order chi connectivity index (χ1) is 5.70. The van der Waals surface area contributed by atoms with Crippen molar-refractivity contribution in [3.05, 3.63) is 0 Å². The van der Waals surface area contributed by atoms with Gasteiger partial charge in [0.1, 0.15) is 6.17 Å². The molecule has 1 fully saturated rings. The molecule has 0 aliphatic heterocycles. The Hall–Kier alpha value is -0.110. The van der Waals surface area contributed by atoms with Crippen LogP contribution in [0.4, 0.5) is 4.39 Å². The van der Waals surface area contributed by atoms with Gasteiger partial charge in [0.25, 0.3) is 0 Å². The van der Waals surface area contributed by atoms with Crippen molar-refractivity contribution in [1.29, 1.82) is 0 Å². The van der Waals surface area contributed by atoms with Crippen LogP contribution in [0.2, 0.25) is 0 Å². The molecule has 0 bridgehead atoms. The maximum atomic E-state index is 13.5. The van der Waals surface area contributed by atoms with Gasteiger partial charge in [0.05, 0.1) is 0 Å². The van der Waals surface area contributed by atoms with Gasteiger partial charge < -0.3 is 5.73 Å². The van der Waals surface area contributed by atoms with Gasteiger partial charge in [-0.15, -0.1) is 0 Å². The summed E-state index contributed by atoms with van der Waals surface area (Å²) in [6, 6.07) is 0.0157. The second-order valence-corrected chi connectivity index (χ2v) is 4.13. The Morgan fingerprint density at radius 1 is 1.33 bits per heavy atom. The van der Waals surface area contributed by atoms with Gasteiger partial charge in [-0.3, -0.25) is 0 Å². The zero-order chi connectivity index (χ0) is 8.97. The molecule has 1 rings (SSSR count). The smallest absolute Gasteiger partial charge is 0.104 e. The lowest BCUT2D eigenvalue weighted by Gasteiger charge is -2.25. The van der Waals surface area contributed by atoms with Gasteiger partial charge in [-0.05, 0) is 32.1 Å². The molecule has 0 radical (unpaired) electrons. The van der Waals surface area contributed by atoms with Gasteiger partial charge in [-0.25, -0.2) is 4.39 Å². The first-order valence-electron chi connectivity index (χ1n) is 5.10. The van der Waals surface area contributed by atoms with E-state index in [0.717, 1.165) is 12.8 Å².